The fraction of sp³-hybridized carbons (Fsp3) is 0.500. The Morgan fingerprint density at radius 3 is 2.65 bits per heavy atom. The summed E-state index contributed by atoms with van der Waals surface area (Å²) in [6, 6.07) is 2.71. The topological polar surface area (TPSA) is 37.4 Å². The Morgan fingerprint density at radius 1 is 1.25 bits per heavy atom. The maximum atomic E-state index is 13.7. The molecule has 1 aromatic carbocycles. The third kappa shape index (κ3) is 1.29. The minimum absolute atomic E-state index is 0.187. The number of halogens is 1. The highest BCUT2D eigenvalue weighted by molar-refractivity contribution is 6.52. The van der Waals surface area contributed by atoms with Gasteiger partial charge in [0.25, 0.3) is 11.7 Å². The van der Waals surface area contributed by atoms with E-state index in [2.05, 4.69) is 6.92 Å². The summed E-state index contributed by atoms with van der Waals surface area (Å²) >= 11 is 0. The van der Waals surface area contributed by atoms with Gasteiger partial charge in [-0.3, -0.25) is 14.5 Å². The third-order valence-corrected chi connectivity index (χ3v) is 5.20. The molecule has 20 heavy (non-hydrogen) atoms. The number of fused-ring (bicyclic) bond motifs is 1. The van der Waals surface area contributed by atoms with Crippen molar-refractivity contribution >= 4 is 17.4 Å². The normalized spacial score (nSPS) is 26.5. The molecule has 3 aliphatic rings. The molecular weight excluding hydrogens is 257 g/mol. The highest BCUT2D eigenvalue weighted by Gasteiger charge is 2.54. The summed E-state index contributed by atoms with van der Waals surface area (Å²) in [5.41, 5.74) is 1.57. The van der Waals surface area contributed by atoms with Crippen molar-refractivity contribution in [3.8, 4) is 0 Å². The average molecular weight is 273 g/mol. The molecule has 1 fully saturated rings. The van der Waals surface area contributed by atoms with Crippen LogP contribution in [-0.2, 0) is 4.79 Å². The molecular formula is C16H16FNO2. The van der Waals surface area contributed by atoms with Gasteiger partial charge in [-0.05, 0) is 42.9 Å². The molecule has 2 aliphatic heterocycles. The van der Waals surface area contributed by atoms with Crippen molar-refractivity contribution in [1.29, 1.82) is 0 Å². The van der Waals surface area contributed by atoms with Gasteiger partial charge in [0.15, 0.2) is 0 Å². The molecule has 4 heteroatoms. The highest BCUT2D eigenvalue weighted by atomic mass is 19.1. The molecule has 1 aromatic rings. The van der Waals surface area contributed by atoms with E-state index in [-0.39, 0.29) is 17.0 Å². The predicted molar refractivity (Wildman–Crippen MR) is 72.4 cm³/mol. The molecule has 104 valence electrons. The number of hydrogen-bond donors (Lipinski definition) is 0. The number of Topliss-reactive ketones (excluding diaryl/α,β-unsaturated/α-hetero) is 1. The van der Waals surface area contributed by atoms with Crippen LogP contribution in [0.15, 0.2) is 12.1 Å². The zero-order valence-electron chi connectivity index (χ0n) is 11.4. The highest BCUT2D eigenvalue weighted by Crippen LogP contribution is 2.54. The van der Waals surface area contributed by atoms with E-state index >= 15 is 0 Å². The molecule has 0 aromatic heterocycles. The molecule has 0 unspecified atom stereocenters. The number of carbonyl (C=O) groups is 2. The van der Waals surface area contributed by atoms with Crippen molar-refractivity contribution in [2.24, 2.45) is 0 Å². The Balaban J connectivity index is 2.01. The monoisotopic (exact) mass is 273 g/mol. The summed E-state index contributed by atoms with van der Waals surface area (Å²) in [6.45, 7) is 2.07. The van der Waals surface area contributed by atoms with Gasteiger partial charge in [-0.1, -0.05) is 19.8 Å². The maximum absolute atomic E-state index is 13.7. The maximum Gasteiger partial charge on any atom is 0.300 e. The Bertz CT molecular complexity index is 646. The first-order chi connectivity index (χ1) is 9.53. The Morgan fingerprint density at radius 2 is 1.95 bits per heavy atom. The van der Waals surface area contributed by atoms with E-state index in [1.54, 1.807) is 4.90 Å². The molecule has 1 atom stereocenters. The van der Waals surface area contributed by atoms with Crippen molar-refractivity contribution in [1.82, 2.24) is 0 Å². The number of anilines is 1. The lowest BCUT2D eigenvalue weighted by molar-refractivity contribution is -0.115. The molecule has 3 nitrogen and oxygen atoms in total. The summed E-state index contributed by atoms with van der Waals surface area (Å²) in [5, 5.41) is 0. The Kier molecular flexibility index (Phi) is 2.22. The first-order valence-electron chi connectivity index (χ1n) is 7.26. The van der Waals surface area contributed by atoms with Gasteiger partial charge in [0, 0.05) is 5.54 Å². The lowest BCUT2D eigenvalue weighted by atomic mass is 9.77. The largest absolute Gasteiger partial charge is 0.300 e. The van der Waals surface area contributed by atoms with Gasteiger partial charge in [0.2, 0.25) is 0 Å². The number of benzene rings is 1. The van der Waals surface area contributed by atoms with Crippen LogP contribution in [0, 0.1) is 5.82 Å². The van der Waals surface area contributed by atoms with Gasteiger partial charge in [-0.2, -0.15) is 0 Å². The van der Waals surface area contributed by atoms with Crippen LogP contribution in [0.3, 0.4) is 0 Å². The molecule has 2 heterocycles. The second-order valence-corrected chi connectivity index (χ2v) is 6.40. The molecule has 1 saturated carbocycles. The fourth-order valence-corrected chi connectivity index (χ4v) is 4.42. The van der Waals surface area contributed by atoms with Crippen molar-refractivity contribution < 1.29 is 14.0 Å². The van der Waals surface area contributed by atoms with Gasteiger partial charge in [0.1, 0.15) is 5.82 Å². The quantitative estimate of drug-likeness (QED) is 0.681. The standard InChI is InChI=1S/C16H16FNO2/c1-9-8-16(4-2-3-5-16)18-13-11(9)6-10(17)7-12(13)14(19)15(18)20/h6-7,9H,2-5,8H2,1H3/t9-/m0/s1. The molecule has 1 spiro atoms. The minimum Gasteiger partial charge on any atom is -0.298 e. The van der Waals surface area contributed by atoms with Crippen LogP contribution < -0.4 is 4.90 Å². The minimum atomic E-state index is -0.541. The van der Waals surface area contributed by atoms with E-state index in [0.717, 1.165) is 37.7 Å². The summed E-state index contributed by atoms with van der Waals surface area (Å²) < 4.78 is 13.7. The smallest absolute Gasteiger partial charge is 0.298 e. The lowest BCUT2D eigenvalue weighted by Gasteiger charge is -2.45. The SMILES string of the molecule is C[C@H]1CC2(CCCC2)N2C(=O)C(=O)c3cc(F)cc1c32. The first-order valence-corrected chi connectivity index (χ1v) is 7.26. The van der Waals surface area contributed by atoms with Crippen molar-refractivity contribution in [2.75, 3.05) is 4.90 Å². The Hall–Kier alpha value is -1.71. The Labute approximate surface area is 116 Å². The summed E-state index contributed by atoms with van der Waals surface area (Å²) in [5.74, 6) is -1.23. The van der Waals surface area contributed by atoms with Gasteiger partial charge in [0.05, 0.1) is 11.3 Å². The van der Waals surface area contributed by atoms with E-state index < -0.39 is 17.5 Å². The molecule has 0 radical (unpaired) electrons. The number of carbonyl (C=O) groups excluding carboxylic acids is 2. The number of ketones is 1. The van der Waals surface area contributed by atoms with E-state index in [4.69, 9.17) is 0 Å². The first kappa shape index (κ1) is 12.1. The molecule has 4 rings (SSSR count). The second-order valence-electron chi connectivity index (χ2n) is 6.40. The number of nitrogens with zero attached hydrogens (tertiary/aromatic N) is 1. The summed E-state index contributed by atoms with van der Waals surface area (Å²) in [6.07, 6.45) is 4.92. The van der Waals surface area contributed by atoms with Crippen LogP contribution in [0.4, 0.5) is 10.1 Å². The lowest BCUT2D eigenvalue weighted by Crippen LogP contribution is -2.52. The van der Waals surface area contributed by atoms with Crippen molar-refractivity contribution in [3.05, 3.63) is 29.1 Å². The van der Waals surface area contributed by atoms with Gasteiger partial charge < -0.3 is 0 Å². The van der Waals surface area contributed by atoms with Gasteiger partial charge in [-0.25, -0.2) is 4.39 Å². The molecule has 1 amide bonds. The predicted octanol–water partition coefficient (Wildman–Crippen LogP) is 3.18. The summed E-state index contributed by atoms with van der Waals surface area (Å²) in [4.78, 5) is 26.3. The molecule has 0 N–H and O–H groups in total. The zero-order chi connectivity index (χ0) is 14.1. The third-order valence-electron chi connectivity index (χ3n) is 5.20. The molecule has 1 aliphatic carbocycles. The van der Waals surface area contributed by atoms with E-state index in [1.165, 1.54) is 12.1 Å². The van der Waals surface area contributed by atoms with Gasteiger partial charge in [-0.15, -0.1) is 0 Å². The van der Waals surface area contributed by atoms with Crippen LogP contribution in [0.1, 0.15) is 60.9 Å². The van der Waals surface area contributed by atoms with Crippen LogP contribution in [-0.4, -0.2) is 17.2 Å². The van der Waals surface area contributed by atoms with Crippen LogP contribution in [0.25, 0.3) is 0 Å². The van der Waals surface area contributed by atoms with E-state index in [9.17, 15) is 14.0 Å². The van der Waals surface area contributed by atoms with Crippen molar-refractivity contribution in [3.63, 3.8) is 0 Å². The van der Waals surface area contributed by atoms with Crippen LogP contribution in [0.5, 0.6) is 0 Å². The number of hydrogen-bond acceptors (Lipinski definition) is 2. The average Bonchev–Trinajstić information content (AvgIpc) is 2.95. The number of amides is 1. The fourth-order valence-electron chi connectivity index (χ4n) is 4.42. The van der Waals surface area contributed by atoms with Crippen LogP contribution in [0.2, 0.25) is 0 Å². The van der Waals surface area contributed by atoms with Gasteiger partial charge >= 0.3 is 0 Å². The van der Waals surface area contributed by atoms with Crippen molar-refractivity contribution in [2.45, 2.75) is 50.5 Å². The summed E-state index contributed by atoms with van der Waals surface area (Å²) in [7, 11) is 0. The molecule has 0 saturated heterocycles. The zero-order valence-corrected chi connectivity index (χ0v) is 11.4. The second kappa shape index (κ2) is 3.68. The van der Waals surface area contributed by atoms with E-state index in [1.807, 2.05) is 0 Å². The van der Waals surface area contributed by atoms with E-state index in [0.29, 0.717) is 5.69 Å². The molecule has 0 bridgehead atoms. The number of rotatable bonds is 0. The van der Waals surface area contributed by atoms with Crippen LogP contribution >= 0.6 is 0 Å².